The van der Waals surface area contributed by atoms with Crippen LogP contribution in [-0.4, -0.2) is 23.0 Å². The number of hydrogen-bond acceptors (Lipinski definition) is 2. The van der Waals surface area contributed by atoms with Gasteiger partial charge < -0.3 is 10.4 Å². The molecule has 1 atom stereocenters. The van der Waals surface area contributed by atoms with Crippen molar-refractivity contribution in [2.75, 3.05) is 0 Å². The second kappa shape index (κ2) is 8.32. The van der Waals surface area contributed by atoms with Gasteiger partial charge in [0.1, 0.15) is 6.04 Å². The number of aliphatic carboxylic acids is 1. The van der Waals surface area contributed by atoms with E-state index in [4.69, 9.17) is 0 Å². The molecule has 0 spiro atoms. The van der Waals surface area contributed by atoms with Crippen molar-refractivity contribution in [1.29, 1.82) is 0 Å². The van der Waals surface area contributed by atoms with Crippen molar-refractivity contribution >= 4 is 22.6 Å². The third-order valence-corrected chi connectivity index (χ3v) is 3.94. The van der Waals surface area contributed by atoms with Crippen LogP contribution >= 0.6 is 0 Å². The molecule has 0 aliphatic carbocycles. The van der Waals surface area contributed by atoms with Gasteiger partial charge in [-0.05, 0) is 22.8 Å². The number of rotatable bonds is 8. The van der Waals surface area contributed by atoms with Crippen LogP contribution in [0.3, 0.4) is 0 Å². The van der Waals surface area contributed by atoms with Gasteiger partial charge in [-0.3, -0.25) is 4.79 Å². The molecule has 0 heterocycles. The smallest absolute Gasteiger partial charge is 0.326 e. The minimum Gasteiger partial charge on any atom is -0.480 e. The number of nitrogens with one attached hydrogen (secondary N) is 1. The first kappa shape index (κ1) is 17.0. The number of carboxylic acid groups (broad SMARTS) is 1. The lowest BCUT2D eigenvalue weighted by molar-refractivity contribution is -0.141. The highest BCUT2D eigenvalue weighted by molar-refractivity contribution is 5.88. The number of carboxylic acids is 1. The van der Waals surface area contributed by atoms with Crippen molar-refractivity contribution in [3.05, 3.63) is 48.0 Å². The lowest BCUT2D eigenvalue weighted by Crippen LogP contribution is -2.42. The van der Waals surface area contributed by atoms with Crippen molar-refractivity contribution in [3.63, 3.8) is 0 Å². The minimum atomic E-state index is -0.998. The van der Waals surface area contributed by atoms with E-state index in [-0.39, 0.29) is 12.3 Å². The zero-order valence-electron chi connectivity index (χ0n) is 13.4. The molecule has 0 saturated heterocycles. The van der Waals surface area contributed by atoms with Crippen molar-refractivity contribution in [2.24, 2.45) is 0 Å². The van der Waals surface area contributed by atoms with E-state index in [1.54, 1.807) is 0 Å². The van der Waals surface area contributed by atoms with Crippen molar-refractivity contribution in [3.8, 4) is 0 Å². The lowest BCUT2D eigenvalue weighted by atomic mass is 9.98. The molecule has 4 nitrogen and oxygen atoms in total. The van der Waals surface area contributed by atoms with Crippen LogP contribution < -0.4 is 5.32 Å². The Morgan fingerprint density at radius 3 is 2.57 bits per heavy atom. The molecule has 0 fully saturated rings. The summed E-state index contributed by atoms with van der Waals surface area (Å²) in [5, 5.41) is 14.2. The molecule has 0 aliphatic rings. The third kappa shape index (κ3) is 4.81. The topological polar surface area (TPSA) is 66.4 Å². The summed E-state index contributed by atoms with van der Waals surface area (Å²) in [5.41, 5.74) is 0.935. The number of amides is 1. The zero-order chi connectivity index (χ0) is 16.7. The molecule has 4 heteroatoms. The molecular weight excluding hydrogens is 290 g/mol. The predicted octanol–water partition coefficient (Wildman–Crippen LogP) is 3.53. The fourth-order valence-electron chi connectivity index (χ4n) is 2.69. The zero-order valence-corrected chi connectivity index (χ0v) is 13.4. The minimum absolute atomic E-state index is 0.189. The number of carbonyl (C=O) groups excluding carboxylic acids is 1. The highest BCUT2D eigenvalue weighted by Crippen LogP contribution is 2.20. The van der Waals surface area contributed by atoms with Crippen LogP contribution in [0.4, 0.5) is 0 Å². The van der Waals surface area contributed by atoms with Gasteiger partial charge >= 0.3 is 5.97 Å². The Morgan fingerprint density at radius 1 is 1.09 bits per heavy atom. The van der Waals surface area contributed by atoms with E-state index in [0.29, 0.717) is 6.42 Å². The first-order valence-electron chi connectivity index (χ1n) is 8.10. The highest BCUT2D eigenvalue weighted by Gasteiger charge is 2.21. The second-order valence-electron chi connectivity index (χ2n) is 5.76. The maximum Gasteiger partial charge on any atom is 0.326 e. The van der Waals surface area contributed by atoms with Crippen molar-refractivity contribution < 1.29 is 14.7 Å². The summed E-state index contributed by atoms with van der Waals surface area (Å²) in [6.45, 7) is 2.07. The van der Waals surface area contributed by atoms with Crippen LogP contribution in [-0.2, 0) is 16.0 Å². The molecule has 23 heavy (non-hydrogen) atoms. The van der Waals surface area contributed by atoms with Gasteiger partial charge in [0.05, 0.1) is 0 Å². The van der Waals surface area contributed by atoms with E-state index in [9.17, 15) is 14.7 Å². The first-order valence-corrected chi connectivity index (χ1v) is 8.10. The molecular formula is C19H23NO3. The van der Waals surface area contributed by atoms with E-state index in [0.717, 1.165) is 35.6 Å². The van der Waals surface area contributed by atoms with Gasteiger partial charge in [0.25, 0.3) is 0 Å². The summed E-state index contributed by atoms with van der Waals surface area (Å²) in [7, 11) is 0. The van der Waals surface area contributed by atoms with Gasteiger partial charge in [0, 0.05) is 12.8 Å². The average Bonchev–Trinajstić information content (AvgIpc) is 2.54. The van der Waals surface area contributed by atoms with Gasteiger partial charge in [-0.25, -0.2) is 4.79 Å². The first-order chi connectivity index (χ1) is 11.1. The van der Waals surface area contributed by atoms with Crippen molar-refractivity contribution in [2.45, 2.75) is 45.1 Å². The Kier molecular flexibility index (Phi) is 6.15. The molecule has 0 saturated carbocycles. The van der Waals surface area contributed by atoms with E-state index in [1.807, 2.05) is 42.5 Å². The van der Waals surface area contributed by atoms with E-state index < -0.39 is 12.0 Å². The number of fused-ring (bicyclic) bond motifs is 1. The molecule has 2 rings (SSSR count). The molecule has 0 aliphatic heterocycles. The Morgan fingerprint density at radius 2 is 1.83 bits per heavy atom. The Hall–Kier alpha value is -2.36. The fraction of sp³-hybridized carbons (Fsp3) is 0.368. The van der Waals surface area contributed by atoms with Crippen molar-refractivity contribution in [1.82, 2.24) is 5.32 Å². The molecule has 0 bridgehead atoms. The summed E-state index contributed by atoms with van der Waals surface area (Å²) >= 11 is 0. The number of carbonyl (C=O) groups is 2. The molecule has 0 aromatic heterocycles. The highest BCUT2D eigenvalue weighted by atomic mass is 16.4. The third-order valence-electron chi connectivity index (χ3n) is 3.94. The summed E-state index contributed by atoms with van der Waals surface area (Å²) in [6, 6.07) is 12.8. The van der Waals surface area contributed by atoms with Crippen LogP contribution in [0.2, 0.25) is 0 Å². The lowest BCUT2D eigenvalue weighted by Gasteiger charge is -2.16. The van der Waals surface area contributed by atoms with Crippen LogP contribution in [0.5, 0.6) is 0 Å². The van der Waals surface area contributed by atoms with Crippen LogP contribution in [0.1, 0.15) is 38.2 Å². The maximum absolute atomic E-state index is 11.9. The summed E-state index contributed by atoms with van der Waals surface area (Å²) < 4.78 is 0. The predicted molar refractivity (Wildman–Crippen MR) is 91.4 cm³/mol. The standard InChI is InChI=1S/C19H23NO3/c1-2-3-4-12-18(21)20-17(19(22)23)13-15-10-7-9-14-8-5-6-11-16(14)15/h5-11,17H,2-4,12-13H2,1H3,(H,20,21)(H,22,23). The quantitative estimate of drug-likeness (QED) is 0.733. The molecule has 1 amide bonds. The second-order valence-corrected chi connectivity index (χ2v) is 5.76. The molecule has 2 aromatic carbocycles. The summed E-state index contributed by atoms with van der Waals surface area (Å²) in [6.07, 6.45) is 3.48. The number of benzene rings is 2. The monoisotopic (exact) mass is 313 g/mol. The normalized spacial score (nSPS) is 12.0. The van der Waals surface area contributed by atoms with Crippen LogP contribution in [0, 0.1) is 0 Å². The number of unbranched alkanes of at least 4 members (excludes halogenated alkanes) is 2. The van der Waals surface area contributed by atoms with E-state index >= 15 is 0 Å². The van der Waals surface area contributed by atoms with Gasteiger partial charge in [-0.15, -0.1) is 0 Å². The average molecular weight is 313 g/mol. The Labute approximate surface area is 136 Å². The molecule has 2 aromatic rings. The summed E-state index contributed by atoms with van der Waals surface area (Å²) in [5.74, 6) is -1.19. The van der Waals surface area contributed by atoms with Gasteiger partial charge in [-0.1, -0.05) is 62.2 Å². The Bertz CT molecular complexity index is 676. The largest absolute Gasteiger partial charge is 0.480 e. The molecule has 122 valence electrons. The molecule has 0 radical (unpaired) electrons. The molecule has 2 N–H and O–H groups in total. The van der Waals surface area contributed by atoms with Crippen LogP contribution in [0.15, 0.2) is 42.5 Å². The van der Waals surface area contributed by atoms with E-state index in [2.05, 4.69) is 12.2 Å². The fourth-order valence-corrected chi connectivity index (χ4v) is 2.69. The Balaban J connectivity index is 2.09. The SMILES string of the molecule is CCCCCC(=O)NC(Cc1cccc2ccccc12)C(=O)O. The van der Waals surface area contributed by atoms with Gasteiger partial charge in [-0.2, -0.15) is 0 Å². The van der Waals surface area contributed by atoms with Crippen LogP contribution in [0.25, 0.3) is 10.8 Å². The number of hydrogen-bond donors (Lipinski definition) is 2. The summed E-state index contributed by atoms with van der Waals surface area (Å²) in [4.78, 5) is 23.4. The van der Waals surface area contributed by atoms with Gasteiger partial charge in [0.15, 0.2) is 0 Å². The maximum atomic E-state index is 11.9. The molecule has 1 unspecified atom stereocenters. The van der Waals surface area contributed by atoms with E-state index in [1.165, 1.54) is 0 Å². The van der Waals surface area contributed by atoms with Gasteiger partial charge in [0.2, 0.25) is 5.91 Å².